The minimum Gasteiger partial charge on any atom is -0.488 e. The van der Waals surface area contributed by atoms with Crippen LogP contribution in [0, 0.1) is 0 Å². The van der Waals surface area contributed by atoms with Gasteiger partial charge in [-0.3, -0.25) is 0 Å². The van der Waals surface area contributed by atoms with E-state index in [1.54, 1.807) is 0 Å². The van der Waals surface area contributed by atoms with Gasteiger partial charge < -0.3 is 10.1 Å². The Morgan fingerprint density at radius 1 is 1.54 bits per heavy atom. The standard InChI is InChI=1S/C10H12BrNO/c1-7-4-5-12-9-6-8(11)2-3-10(9)13-7/h2-3,6-7,12H,4-5H2,1H3. The lowest BCUT2D eigenvalue weighted by molar-refractivity contribution is 0.222. The van der Waals surface area contributed by atoms with Crippen LogP contribution in [0.15, 0.2) is 22.7 Å². The van der Waals surface area contributed by atoms with Crippen LogP contribution in [0.25, 0.3) is 0 Å². The molecule has 2 nitrogen and oxygen atoms in total. The predicted molar refractivity (Wildman–Crippen MR) is 57.3 cm³/mol. The van der Waals surface area contributed by atoms with Crippen molar-refractivity contribution in [1.29, 1.82) is 0 Å². The Labute approximate surface area is 86.4 Å². The largest absolute Gasteiger partial charge is 0.488 e. The highest BCUT2D eigenvalue weighted by Gasteiger charge is 2.12. The number of nitrogens with one attached hydrogen (secondary N) is 1. The van der Waals surface area contributed by atoms with E-state index in [4.69, 9.17) is 4.74 Å². The van der Waals surface area contributed by atoms with E-state index in [9.17, 15) is 0 Å². The first-order valence-electron chi connectivity index (χ1n) is 4.46. The molecule has 0 aliphatic carbocycles. The fourth-order valence-corrected chi connectivity index (χ4v) is 1.79. The molecular formula is C10H12BrNO. The van der Waals surface area contributed by atoms with E-state index in [0.29, 0.717) is 6.10 Å². The van der Waals surface area contributed by atoms with Gasteiger partial charge in [0.05, 0.1) is 11.8 Å². The number of rotatable bonds is 0. The van der Waals surface area contributed by atoms with Gasteiger partial charge in [-0.1, -0.05) is 15.9 Å². The molecule has 0 saturated heterocycles. The van der Waals surface area contributed by atoms with Crippen LogP contribution in [0.1, 0.15) is 13.3 Å². The Morgan fingerprint density at radius 2 is 2.38 bits per heavy atom. The molecule has 0 saturated carbocycles. The van der Waals surface area contributed by atoms with Gasteiger partial charge in [0.15, 0.2) is 0 Å². The van der Waals surface area contributed by atoms with E-state index in [1.807, 2.05) is 18.2 Å². The highest BCUT2D eigenvalue weighted by molar-refractivity contribution is 9.10. The van der Waals surface area contributed by atoms with E-state index >= 15 is 0 Å². The van der Waals surface area contributed by atoms with Gasteiger partial charge in [0.25, 0.3) is 0 Å². The first-order chi connectivity index (χ1) is 6.25. The Bertz CT molecular complexity index is 314. The molecule has 0 aromatic heterocycles. The number of benzene rings is 1. The normalized spacial score (nSPS) is 20.9. The van der Waals surface area contributed by atoms with Gasteiger partial charge in [-0.2, -0.15) is 0 Å². The molecule has 70 valence electrons. The zero-order chi connectivity index (χ0) is 9.26. The van der Waals surface area contributed by atoms with Gasteiger partial charge in [0, 0.05) is 17.4 Å². The number of hydrogen-bond acceptors (Lipinski definition) is 2. The summed E-state index contributed by atoms with van der Waals surface area (Å²) in [5, 5.41) is 3.34. The van der Waals surface area contributed by atoms with Crippen molar-refractivity contribution in [2.24, 2.45) is 0 Å². The van der Waals surface area contributed by atoms with Crippen LogP contribution in [0.4, 0.5) is 5.69 Å². The fraction of sp³-hybridized carbons (Fsp3) is 0.400. The molecule has 0 fully saturated rings. The maximum absolute atomic E-state index is 5.73. The smallest absolute Gasteiger partial charge is 0.142 e. The van der Waals surface area contributed by atoms with Crippen molar-refractivity contribution >= 4 is 21.6 Å². The van der Waals surface area contributed by atoms with Crippen LogP contribution in [-0.4, -0.2) is 12.6 Å². The molecule has 1 aromatic rings. The average Bonchev–Trinajstić information content (AvgIpc) is 2.25. The minimum atomic E-state index is 0.301. The number of ether oxygens (including phenoxy) is 1. The van der Waals surface area contributed by atoms with Gasteiger partial charge in [-0.05, 0) is 25.1 Å². The molecule has 13 heavy (non-hydrogen) atoms. The van der Waals surface area contributed by atoms with Crippen molar-refractivity contribution < 1.29 is 4.74 Å². The number of anilines is 1. The van der Waals surface area contributed by atoms with Crippen LogP contribution >= 0.6 is 15.9 Å². The molecule has 1 heterocycles. The highest BCUT2D eigenvalue weighted by atomic mass is 79.9. The summed E-state index contributed by atoms with van der Waals surface area (Å²) in [5.74, 6) is 0.952. The zero-order valence-electron chi connectivity index (χ0n) is 7.51. The molecule has 3 heteroatoms. The van der Waals surface area contributed by atoms with E-state index in [1.165, 1.54) is 0 Å². The third-order valence-electron chi connectivity index (χ3n) is 2.14. The van der Waals surface area contributed by atoms with Crippen LogP contribution in [0.3, 0.4) is 0 Å². The molecule has 0 bridgehead atoms. The van der Waals surface area contributed by atoms with Crippen molar-refractivity contribution in [2.45, 2.75) is 19.4 Å². The van der Waals surface area contributed by atoms with Gasteiger partial charge in [0.1, 0.15) is 5.75 Å². The monoisotopic (exact) mass is 241 g/mol. The minimum absolute atomic E-state index is 0.301. The molecule has 0 spiro atoms. The number of halogens is 1. The molecule has 1 aliphatic rings. The summed E-state index contributed by atoms with van der Waals surface area (Å²) in [5.41, 5.74) is 1.08. The number of fused-ring (bicyclic) bond motifs is 1. The Balaban J connectivity index is 2.34. The first kappa shape index (κ1) is 8.88. The summed E-state index contributed by atoms with van der Waals surface area (Å²) in [6.07, 6.45) is 1.35. The highest BCUT2D eigenvalue weighted by Crippen LogP contribution is 2.30. The molecular weight excluding hydrogens is 230 g/mol. The molecule has 1 unspecified atom stereocenters. The Morgan fingerprint density at radius 3 is 3.23 bits per heavy atom. The molecule has 1 aliphatic heterocycles. The van der Waals surface area contributed by atoms with Gasteiger partial charge in [-0.15, -0.1) is 0 Å². The zero-order valence-corrected chi connectivity index (χ0v) is 9.10. The summed E-state index contributed by atoms with van der Waals surface area (Å²) < 4.78 is 6.81. The lowest BCUT2D eigenvalue weighted by atomic mass is 10.3. The van der Waals surface area contributed by atoms with Crippen molar-refractivity contribution in [3.05, 3.63) is 22.7 Å². The third kappa shape index (κ3) is 1.97. The van der Waals surface area contributed by atoms with E-state index in [0.717, 1.165) is 28.9 Å². The van der Waals surface area contributed by atoms with Gasteiger partial charge >= 0.3 is 0 Å². The van der Waals surface area contributed by atoms with E-state index < -0.39 is 0 Å². The molecule has 2 rings (SSSR count). The summed E-state index contributed by atoms with van der Waals surface area (Å²) in [4.78, 5) is 0. The first-order valence-corrected chi connectivity index (χ1v) is 5.25. The Kier molecular flexibility index (Phi) is 2.44. The van der Waals surface area contributed by atoms with Gasteiger partial charge in [-0.25, -0.2) is 0 Å². The van der Waals surface area contributed by atoms with E-state index in [-0.39, 0.29) is 0 Å². The van der Waals surface area contributed by atoms with Crippen molar-refractivity contribution in [1.82, 2.24) is 0 Å². The van der Waals surface area contributed by atoms with Crippen LogP contribution in [0.2, 0.25) is 0 Å². The SMILES string of the molecule is CC1CCNc2cc(Br)ccc2O1. The molecule has 1 aromatic carbocycles. The van der Waals surface area contributed by atoms with Crippen molar-refractivity contribution in [2.75, 3.05) is 11.9 Å². The summed E-state index contributed by atoms with van der Waals surface area (Å²) in [6, 6.07) is 6.04. The Hall–Kier alpha value is -0.700. The second-order valence-corrected chi connectivity index (χ2v) is 4.20. The molecule has 1 atom stereocenters. The fourth-order valence-electron chi connectivity index (χ4n) is 1.43. The second kappa shape index (κ2) is 3.58. The molecule has 0 amide bonds. The lowest BCUT2D eigenvalue weighted by Gasteiger charge is -2.11. The van der Waals surface area contributed by atoms with Gasteiger partial charge in [0.2, 0.25) is 0 Å². The van der Waals surface area contributed by atoms with Crippen LogP contribution in [0.5, 0.6) is 5.75 Å². The van der Waals surface area contributed by atoms with Crippen LogP contribution < -0.4 is 10.1 Å². The average molecular weight is 242 g/mol. The maximum atomic E-state index is 5.73. The van der Waals surface area contributed by atoms with Crippen LogP contribution in [-0.2, 0) is 0 Å². The van der Waals surface area contributed by atoms with Crippen molar-refractivity contribution in [3.8, 4) is 5.75 Å². The third-order valence-corrected chi connectivity index (χ3v) is 2.63. The lowest BCUT2D eigenvalue weighted by Crippen LogP contribution is -2.11. The quantitative estimate of drug-likeness (QED) is 0.754. The van der Waals surface area contributed by atoms with E-state index in [2.05, 4.69) is 28.2 Å². The predicted octanol–water partition coefficient (Wildman–Crippen LogP) is 3.03. The summed E-state index contributed by atoms with van der Waals surface area (Å²) in [6.45, 7) is 3.07. The molecule has 1 N–H and O–H groups in total. The van der Waals surface area contributed by atoms with Crippen molar-refractivity contribution in [3.63, 3.8) is 0 Å². The summed E-state index contributed by atoms with van der Waals surface area (Å²) >= 11 is 3.44. The maximum Gasteiger partial charge on any atom is 0.142 e. The number of hydrogen-bond donors (Lipinski definition) is 1. The summed E-state index contributed by atoms with van der Waals surface area (Å²) in [7, 11) is 0. The second-order valence-electron chi connectivity index (χ2n) is 3.28. The molecule has 0 radical (unpaired) electrons. The topological polar surface area (TPSA) is 21.3 Å².